The molecule has 0 saturated carbocycles. The summed E-state index contributed by atoms with van der Waals surface area (Å²) in [4.78, 5) is 0. The van der Waals surface area contributed by atoms with Gasteiger partial charge in [-0.15, -0.1) is 0 Å². The first-order chi connectivity index (χ1) is 13.8. The van der Waals surface area contributed by atoms with E-state index in [9.17, 15) is 0 Å². The molecule has 2 heterocycles. The van der Waals surface area contributed by atoms with E-state index in [0.29, 0.717) is 0 Å². The number of hydrogen-bond donors (Lipinski definition) is 0. The van der Waals surface area contributed by atoms with Gasteiger partial charge in [0.2, 0.25) is 5.69 Å². The molecule has 0 atom stereocenters. The maximum absolute atomic E-state index is 2.56. The maximum atomic E-state index is 2.56. The fourth-order valence-corrected chi connectivity index (χ4v) is 7.56. The van der Waals surface area contributed by atoms with Crippen LogP contribution in [-0.2, 0) is 13.5 Å². The van der Waals surface area contributed by atoms with E-state index in [2.05, 4.69) is 87.9 Å². The van der Waals surface area contributed by atoms with Gasteiger partial charge in [0.25, 0.3) is 0 Å². The molecule has 1 aromatic heterocycles. The normalized spacial score (nSPS) is 17.0. The summed E-state index contributed by atoms with van der Waals surface area (Å²) >= 11 is 0. The minimum atomic E-state index is -0.907. The minimum Gasteiger partial charge on any atom is -0.198 e. The molecule has 0 radical (unpaired) electrons. The average Bonchev–Trinajstić information content (AvgIpc) is 2.69. The van der Waals surface area contributed by atoms with Crippen LogP contribution in [0.25, 0.3) is 22.0 Å². The van der Waals surface area contributed by atoms with Crippen LogP contribution in [0.3, 0.4) is 0 Å². The summed E-state index contributed by atoms with van der Waals surface area (Å²) in [6.45, 7) is 11.8. The van der Waals surface area contributed by atoms with Gasteiger partial charge in [-0.1, -0.05) is 56.4 Å². The predicted molar refractivity (Wildman–Crippen MR) is 128 cm³/mol. The van der Waals surface area contributed by atoms with Crippen molar-refractivity contribution in [3.8, 4) is 11.3 Å². The first-order valence-corrected chi connectivity index (χ1v) is 14.7. The van der Waals surface area contributed by atoms with Crippen molar-refractivity contribution >= 4 is 18.8 Å². The largest absolute Gasteiger partial charge is 0.220 e. The number of aryl methyl sites for hydroxylation is 3. The smallest absolute Gasteiger partial charge is 0.198 e. The summed E-state index contributed by atoms with van der Waals surface area (Å²) in [6, 6.07) is 19.6. The Kier molecular flexibility index (Phi) is 5.41. The third-order valence-corrected chi connectivity index (χ3v) is 10.6. The van der Waals surface area contributed by atoms with Crippen molar-refractivity contribution < 1.29 is 4.57 Å². The molecule has 3 aromatic rings. The third kappa shape index (κ3) is 3.92. The van der Waals surface area contributed by atoms with Crippen LogP contribution in [0.1, 0.15) is 48.1 Å². The summed E-state index contributed by atoms with van der Waals surface area (Å²) in [5.74, 6) is 0.753. The predicted octanol–water partition coefficient (Wildman–Crippen LogP) is 7.10. The molecule has 0 aliphatic carbocycles. The molecule has 1 nitrogen and oxygen atoms in total. The monoisotopic (exact) mass is 402 g/mol. The second-order valence-electron chi connectivity index (χ2n) is 9.98. The maximum Gasteiger partial charge on any atom is 0.220 e. The molecule has 0 amide bonds. The minimum absolute atomic E-state index is 0.753. The number of hydrogen-bond acceptors (Lipinski definition) is 0. The van der Waals surface area contributed by atoms with Gasteiger partial charge >= 0.3 is 0 Å². The van der Waals surface area contributed by atoms with Crippen LogP contribution >= 0.6 is 0 Å². The van der Waals surface area contributed by atoms with Crippen molar-refractivity contribution in [2.45, 2.75) is 71.1 Å². The molecule has 4 rings (SSSR count). The van der Waals surface area contributed by atoms with Gasteiger partial charge in [-0.3, -0.25) is 0 Å². The van der Waals surface area contributed by atoms with Crippen molar-refractivity contribution in [1.29, 1.82) is 0 Å². The van der Waals surface area contributed by atoms with Gasteiger partial charge in [-0.2, -0.15) is 4.57 Å². The lowest BCUT2D eigenvalue weighted by atomic mass is 9.90. The molecule has 1 saturated heterocycles. The number of rotatable bonds is 3. The molecule has 0 unspecified atom stereocenters. The van der Waals surface area contributed by atoms with Crippen molar-refractivity contribution in [2.24, 2.45) is 7.05 Å². The van der Waals surface area contributed by atoms with E-state index in [-0.39, 0.29) is 0 Å². The van der Waals surface area contributed by atoms with E-state index in [1.54, 1.807) is 5.56 Å². The summed E-state index contributed by atoms with van der Waals surface area (Å²) in [5, 5.41) is 2.78. The fraction of sp³-hybridized carbons (Fsp3) is 0.444. The van der Waals surface area contributed by atoms with Gasteiger partial charge in [-0.25, -0.2) is 0 Å². The van der Waals surface area contributed by atoms with Gasteiger partial charge in [0, 0.05) is 26.6 Å². The molecule has 0 N–H and O–H groups in total. The number of nitrogens with zero attached hydrogens (tertiary/aromatic N) is 1. The van der Waals surface area contributed by atoms with Crippen molar-refractivity contribution in [2.75, 3.05) is 0 Å². The lowest BCUT2D eigenvalue weighted by Crippen LogP contribution is -2.35. The van der Waals surface area contributed by atoms with Gasteiger partial charge in [0.15, 0.2) is 5.69 Å². The Hall–Kier alpha value is -1.93. The van der Waals surface area contributed by atoms with Crippen LogP contribution in [0.4, 0.5) is 0 Å². The molecular formula is C27H36NSi+. The average molecular weight is 403 g/mol. The van der Waals surface area contributed by atoms with Crippen LogP contribution in [-0.4, -0.2) is 8.07 Å². The van der Waals surface area contributed by atoms with E-state index in [4.69, 9.17) is 0 Å². The van der Waals surface area contributed by atoms with Crippen LogP contribution in [0.2, 0.25) is 25.2 Å². The Morgan fingerprint density at radius 1 is 0.966 bits per heavy atom. The highest BCUT2D eigenvalue weighted by atomic mass is 28.3. The van der Waals surface area contributed by atoms with Crippen LogP contribution in [0, 0.1) is 13.8 Å². The van der Waals surface area contributed by atoms with E-state index in [1.807, 2.05) is 0 Å². The zero-order chi connectivity index (χ0) is 20.8. The molecule has 2 heteroatoms. The first-order valence-electron chi connectivity index (χ1n) is 11.3. The van der Waals surface area contributed by atoms with E-state index >= 15 is 0 Å². The first kappa shape index (κ1) is 20.3. The molecule has 0 spiro atoms. The second-order valence-corrected chi connectivity index (χ2v) is 15.3. The molecule has 0 bridgehead atoms. The summed E-state index contributed by atoms with van der Waals surface area (Å²) in [5.41, 5.74) is 8.37. The molecule has 1 aliphatic heterocycles. The Labute approximate surface area is 177 Å². The SMILES string of the molecule is CCc1ccc(C)c(-c2c3ccc(C4CC[Si](C)(C)CC4)cc3cc(C)[n+]2C)c1. The van der Waals surface area contributed by atoms with Gasteiger partial charge in [0.05, 0.1) is 5.39 Å². The molecule has 29 heavy (non-hydrogen) atoms. The lowest BCUT2D eigenvalue weighted by molar-refractivity contribution is -0.665. The number of fused-ring (bicyclic) bond motifs is 1. The fourth-order valence-electron chi connectivity index (χ4n) is 5.05. The molecular weight excluding hydrogens is 366 g/mol. The zero-order valence-corrected chi connectivity index (χ0v) is 20.1. The Bertz CT molecular complexity index is 1050. The number of benzene rings is 2. The molecule has 2 aromatic carbocycles. The Morgan fingerprint density at radius 3 is 2.38 bits per heavy atom. The Balaban J connectivity index is 1.83. The summed E-state index contributed by atoms with van der Waals surface area (Å²) < 4.78 is 2.37. The summed E-state index contributed by atoms with van der Waals surface area (Å²) in [7, 11) is 1.31. The van der Waals surface area contributed by atoms with E-state index < -0.39 is 8.07 Å². The topological polar surface area (TPSA) is 3.88 Å². The molecule has 1 fully saturated rings. The number of pyridine rings is 1. The van der Waals surface area contributed by atoms with Gasteiger partial charge in [-0.05, 0) is 66.3 Å². The van der Waals surface area contributed by atoms with Gasteiger partial charge < -0.3 is 0 Å². The van der Waals surface area contributed by atoms with Crippen LogP contribution < -0.4 is 4.57 Å². The van der Waals surface area contributed by atoms with E-state index in [0.717, 1.165) is 12.3 Å². The standard InChI is InChI=1S/C27H36NSi/c1-7-21-9-8-19(2)26(17-21)27-25-11-10-23(18-24(25)16-20(3)28(27)4)22-12-14-29(5,6)15-13-22/h8-11,16-18,22H,7,12-15H2,1-6H3/q+1. The quantitative estimate of drug-likeness (QED) is 0.325. The highest BCUT2D eigenvalue weighted by Gasteiger charge is 2.29. The highest BCUT2D eigenvalue weighted by molar-refractivity contribution is 6.77. The van der Waals surface area contributed by atoms with Crippen molar-refractivity contribution in [1.82, 2.24) is 0 Å². The van der Waals surface area contributed by atoms with Crippen LogP contribution in [0.5, 0.6) is 0 Å². The number of aromatic nitrogens is 1. The van der Waals surface area contributed by atoms with Gasteiger partial charge in [0.1, 0.15) is 7.05 Å². The highest BCUT2D eigenvalue weighted by Crippen LogP contribution is 2.39. The Morgan fingerprint density at radius 2 is 1.69 bits per heavy atom. The third-order valence-electron chi connectivity index (χ3n) is 7.34. The molecule has 1 aliphatic rings. The lowest BCUT2D eigenvalue weighted by Gasteiger charge is -2.33. The second kappa shape index (κ2) is 7.72. The van der Waals surface area contributed by atoms with E-state index in [1.165, 1.54) is 63.8 Å². The van der Waals surface area contributed by atoms with Crippen LogP contribution in [0.15, 0.2) is 42.5 Å². The summed E-state index contributed by atoms with van der Waals surface area (Å²) in [6.07, 6.45) is 3.84. The van der Waals surface area contributed by atoms with Crippen molar-refractivity contribution in [3.63, 3.8) is 0 Å². The van der Waals surface area contributed by atoms with Crippen molar-refractivity contribution in [3.05, 3.63) is 64.8 Å². The molecule has 152 valence electrons. The zero-order valence-electron chi connectivity index (χ0n) is 19.1.